The van der Waals surface area contributed by atoms with Crippen molar-refractivity contribution in [1.82, 2.24) is 0 Å². The number of hydrogen-bond acceptors (Lipinski definition) is 4. The smallest absolute Gasteiger partial charge is 0.353 e. The summed E-state index contributed by atoms with van der Waals surface area (Å²) in [5.74, 6) is 0.157. The molecule has 0 amide bonds. The Hall–Kier alpha value is -1.68. The average Bonchev–Trinajstić information content (AvgIpc) is 2.26. The van der Waals surface area contributed by atoms with Gasteiger partial charge in [-0.25, -0.2) is 4.79 Å². The van der Waals surface area contributed by atoms with Crippen LogP contribution < -0.4 is 5.63 Å². The summed E-state index contributed by atoms with van der Waals surface area (Å²) >= 11 is 3.81. The van der Waals surface area contributed by atoms with E-state index in [1.165, 1.54) is 6.07 Å². The van der Waals surface area contributed by atoms with Crippen molar-refractivity contribution >= 4 is 12.6 Å². The summed E-state index contributed by atoms with van der Waals surface area (Å²) in [7, 11) is 0. The third-order valence-corrected chi connectivity index (χ3v) is 2.38. The fourth-order valence-electron chi connectivity index (χ4n) is 1.22. The van der Waals surface area contributed by atoms with Crippen LogP contribution in [0.3, 0.4) is 0 Å². The molecule has 15 heavy (non-hydrogen) atoms. The van der Waals surface area contributed by atoms with Gasteiger partial charge in [0.2, 0.25) is 0 Å². The first-order chi connectivity index (χ1) is 7.18. The summed E-state index contributed by atoms with van der Waals surface area (Å²) in [4.78, 5) is 11.2. The lowest BCUT2D eigenvalue weighted by molar-refractivity contribution is 0.431. The number of rotatable bonds is 1. The zero-order valence-corrected chi connectivity index (χ0v) is 8.57. The van der Waals surface area contributed by atoms with Gasteiger partial charge in [0.15, 0.2) is 0 Å². The molecule has 0 spiro atoms. The molecule has 0 aliphatic heterocycles. The molecule has 0 saturated carbocycles. The molecule has 0 radical (unpaired) electrons. The second-order valence-electron chi connectivity index (χ2n) is 3.00. The van der Waals surface area contributed by atoms with Gasteiger partial charge in [-0.05, 0) is 0 Å². The maximum Gasteiger partial charge on any atom is 0.353 e. The maximum atomic E-state index is 11.2. The van der Waals surface area contributed by atoms with Gasteiger partial charge in [0, 0.05) is 11.6 Å². The van der Waals surface area contributed by atoms with E-state index < -0.39 is 5.63 Å². The minimum atomic E-state index is -0.641. The minimum Gasteiger partial charge on any atom is -0.506 e. The van der Waals surface area contributed by atoms with Crippen LogP contribution >= 0.6 is 12.6 Å². The van der Waals surface area contributed by atoms with Crippen LogP contribution in [-0.4, -0.2) is 5.11 Å². The molecular formula is C11H8O3S. The molecule has 1 heterocycles. The first-order valence-electron chi connectivity index (χ1n) is 4.30. The Bertz CT molecular complexity index is 531. The van der Waals surface area contributed by atoms with Crippen molar-refractivity contribution in [3.05, 3.63) is 46.8 Å². The Morgan fingerprint density at radius 1 is 1.20 bits per heavy atom. The lowest BCUT2D eigenvalue weighted by Crippen LogP contribution is -2.00. The average molecular weight is 220 g/mol. The zero-order chi connectivity index (χ0) is 10.8. The van der Waals surface area contributed by atoms with E-state index in [1.807, 2.05) is 18.2 Å². The van der Waals surface area contributed by atoms with Crippen molar-refractivity contribution in [3.63, 3.8) is 0 Å². The Labute approximate surface area is 91.4 Å². The Balaban J connectivity index is 2.61. The van der Waals surface area contributed by atoms with Crippen molar-refractivity contribution in [2.45, 2.75) is 4.90 Å². The fourth-order valence-corrected chi connectivity index (χ4v) is 1.33. The lowest BCUT2D eigenvalue weighted by atomic mass is 10.1. The van der Waals surface area contributed by atoms with Gasteiger partial charge in [0.1, 0.15) is 16.4 Å². The standard InChI is InChI=1S/C11H8O3S/c12-8-6-9(14-11(13)10(8)15)7-4-2-1-3-5-7/h1-6,12,15H. The van der Waals surface area contributed by atoms with E-state index in [1.54, 1.807) is 12.1 Å². The molecule has 2 aromatic rings. The van der Waals surface area contributed by atoms with Gasteiger partial charge in [0.05, 0.1) is 0 Å². The number of thiol groups is 1. The van der Waals surface area contributed by atoms with E-state index in [4.69, 9.17) is 4.42 Å². The molecule has 3 nitrogen and oxygen atoms in total. The summed E-state index contributed by atoms with van der Waals surface area (Å²) in [6.07, 6.45) is 0. The van der Waals surface area contributed by atoms with E-state index in [2.05, 4.69) is 12.6 Å². The largest absolute Gasteiger partial charge is 0.506 e. The zero-order valence-electron chi connectivity index (χ0n) is 7.68. The van der Waals surface area contributed by atoms with E-state index in [9.17, 15) is 9.90 Å². The summed E-state index contributed by atoms with van der Waals surface area (Å²) in [5, 5.41) is 9.41. The van der Waals surface area contributed by atoms with Gasteiger partial charge in [0.25, 0.3) is 0 Å². The van der Waals surface area contributed by atoms with Gasteiger partial charge < -0.3 is 9.52 Å². The first kappa shape index (κ1) is 9.86. The van der Waals surface area contributed by atoms with E-state index >= 15 is 0 Å². The molecular weight excluding hydrogens is 212 g/mol. The Morgan fingerprint density at radius 2 is 1.87 bits per heavy atom. The van der Waals surface area contributed by atoms with E-state index in [0.29, 0.717) is 5.76 Å². The van der Waals surface area contributed by atoms with Crippen molar-refractivity contribution in [2.75, 3.05) is 0 Å². The second kappa shape index (κ2) is 3.82. The molecule has 0 saturated heterocycles. The SMILES string of the molecule is O=c1oc(-c2ccccc2)cc(O)c1S. The van der Waals surface area contributed by atoms with Crippen LogP contribution in [0, 0.1) is 0 Å². The Kier molecular flexibility index (Phi) is 2.51. The van der Waals surface area contributed by atoms with E-state index in [-0.39, 0.29) is 10.6 Å². The molecule has 76 valence electrons. The summed E-state index contributed by atoms with van der Waals surface area (Å²) in [6, 6.07) is 10.4. The Morgan fingerprint density at radius 3 is 2.47 bits per heavy atom. The molecule has 1 aromatic carbocycles. The fraction of sp³-hybridized carbons (Fsp3) is 0. The van der Waals surface area contributed by atoms with Crippen LogP contribution in [-0.2, 0) is 0 Å². The third kappa shape index (κ3) is 1.89. The van der Waals surface area contributed by atoms with Crippen molar-refractivity contribution < 1.29 is 9.52 Å². The second-order valence-corrected chi connectivity index (χ2v) is 3.45. The monoisotopic (exact) mass is 220 g/mol. The molecule has 4 heteroatoms. The summed E-state index contributed by atoms with van der Waals surface area (Å²) in [6.45, 7) is 0. The molecule has 0 unspecified atom stereocenters. The normalized spacial score (nSPS) is 10.2. The van der Waals surface area contributed by atoms with Crippen LogP contribution in [0.2, 0.25) is 0 Å². The maximum absolute atomic E-state index is 11.2. The predicted molar refractivity (Wildman–Crippen MR) is 59.3 cm³/mol. The number of aromatic hydroxyl groups is 1. The van der Waals surface area contributed by atoms with Crippen molar-refractivity contribution in [3.8, 4) is 17.1 Å². The quantitative estimate of drug-likeness (QED) is 0.725. The number of benzene rings is 1. The van der Waals surface area contributed by atoms with Crippen molar-refractivity contribution in [1.29, 1.82) is 0 Å². The molecule has 0 fully saturated rings. The summed E-state index contributed by atoms with van der Waals surface area (Å²) in [5.41, 5.74) is 0.0930. The van der Waals surface area contributed by atoms with Crippen LogP contribution in [0.4, 0.5) is 0 Å². The van der Waals surface area contributed by atoms with Crippen molar-refractivity contribution in [2.24, 2.45) is 0 Å². The first-order valence-corrected chi connectivity index (χ1v) is 4.74. The third-order valence-electron chi connectivity index (χ3n) is 1.96. The molecule has 0 bridgehead atoms. The molecule has 0 aliphatic rings. The highest BCUT2D eigenvalue weighted by Gasteiger charge is 2.08. The molecule has 2 rings (SSSR count). The van der Waals surface area contributed by atoms with Crippen LogP contribution in [0.5, 0.6) is 5.75 Å². The highest BCUT2D eigenvalue weighted by molar-refractivity contribution is 7.80. The topological polar surface area (TPSA) is 50.4 Å². The van der Waals surface area contributed by atoms with Gasteiger partial charge in [-0.1, -0.05) is 30.3 Å². The minimum absolute atomic E-state index is 0.0744. The summed E-state index contributed by atoms with van der Waals surface area (Å²) < 4.78 is 4.98. The van der Waals surface area contributed by atoms with Crippen LogP contribution in [0.1, 0.15) is 0 Å². The van der Waals surface area contributed by atoms with Gasteiger partial charge >= 0.3 is 5.63 Å². The van der Waals surface area contributed by atoms with Gasteiger partial charge in [-0.15, -0.1) is 12.6 Å². The molecule has 1 aromatic heterocycles. The van der Waals surface area contributed by atoms with Gasteiger partial charge in [-0.2, -0.15) is 0 Å². The molecule has 0 aliphatic carbocycles. The highest BCUT2D eigenvalue weighted by atomic mass is 32.1. The molecule has 0 atom stereocenters. The molecule has 1 N–H and O–H groups in total. The van der Waals surface area contributed by atoms with Gasteiger partial charge in [-0.3, -0.25) is 0 Å². The van der Waals surface area contributed by atoms with E-state index in [0.717, 1.165) is 5.56 Å². The lowest BCUT2D eigenvalue weighted by Gasteiger charge is -2.01. The highest BCUT2D eigenvalue weighted by Crippen LogP contribution is 2.24. The van der Waals surface area contributed by atoms with Crippen LogP contribution in [0.15, 0.2) is 50.5 Å². The number of hydrogen-bond donors (Lipinski definition) is 2. The van der Waals surface area contributed by atoms with Crippen LogP contribution in [0.25, 0.3) is 11.3 Å². The predicted octanol–water partition coefficient (Wildman–Crippen LogP) is 2.30.